The van der Waals surface area contributed by atoms with Gasteiger partial charge in [0.15, 0.2) is 0 Å². The number of esters is 1. The van der Waals surface area contributed by atoms with Gasteiger partial charge in [0.2, 0.25) is 5.91 Å². The van der Waals surface area contributed by atoms with Crippen molar-refractivity contribution in [3.05, 3.63) is 16.0 Å². The number of nitrogens with one attached hydrogen (secondary N) is 1. The second-order valence-electron chi connectivity index (χ2n) is 6.07. The van der Waals surface area contributed by atoms with E-state index in [1.54, 1.807) is 6.92 Å². The average Bonchev–Trinajstić information content (AvgIpc) is 2.80. The molecule has 0 unspecified atom stereocenters. The van der Waals surface area contributed by atoms with E-state index in [1.807, 2.05) is 6.92 Å². The second kappa shape index (κ2) is 7.13. The summed E-state index contributed by atoms with van der Waals surface area (Å²) in [5.41, 5.74) is 0.982. The van der Waals surface area contributed by atoms with Gasteiger partial charge in [-0.1, -0.05) is 6.42 Å². The van der Waals surface area contributed by atoms with E-state index < -0.39 is 29.9 Å². The van der Waals surface area contributed by atoms with Crippen molar-refractivity contribution in [2.75, 3.05) is 12.4 Å². The van der Waals surface area contributed by atoms with Gasteiger partial charge in [-0.25, -0.2) is 4.79 Å². The molecule has 0 radical (unpaired) electrons. The number of hydrogen-bond acceptors (Lipinski definition) is 4. The molecule has 1 aliphatic carbocycles. The lowest BCUT2D eigenvalue weighted by atomic mass is 9.80. The van der Waals surface area contributed by atoms with Crippen molar-refractivity contribution >= 4 is 28.2 Å². The number of thiophene rings is 1. The fourth-order valence-electron chi connectivity index (χ4n) is 3.00. The van der Waals surface area contributed by atoms with Crippen molar-refractivity contribution < 1.29 is 27.5 Å². The Morgan fingerprint density at radius 2 is 1.92 bits per heavy atom. The Kier molecular flexibility index (Phi) is 5.57. The number of methoxy groups -OCH3 is 1. The van der Waals surface area contributed by atoms with Gasteiger partial charge in [-0.2, -0.15) is 13.2 Å². The van der Waals surface area contributed by atoms with Crippen LogP contribution in [0, 0.1) is 25.7 Å². The van der Waals surface area contributed by atoms with E-state index >= 15 is 0 Å². The first-order chi connectivity index (χ1) is 11.1. The number of rotatable bonds is 3. The average molecular weight is 363 g/mol. The first-order valence-corrected chi connectivity index (χ1v) is 8.52. The highest BCUT2D eigenvalue weighted by Gasteiger charge is 2.43. The van der Waals surface area contributed by atoms with Gasteiger partial charge >= 0.3 is 12.1 Å². The number of carbonyl (C=O) groups excluding carboxylic acids is 2. The van der Waals surface area contributed by atoms with E-state index in [0.717, 1.165) is 4.88 Å². The molecule has 1 N–H and O–H groups in total. The van der Waals surface area contributed by atoms with Crippen LogP contribution in [0.3, 0.4) is 0 Å². The Bertz CT molecular complexity index is 639. The van der Waals surface area contributed by atoms with Gasteiger partial charge in [-0.15, -0.1) is 11.3 Å². The van der Waals surface area contributed by atoms with Crippen LogP contribution >= 0.6 is 11.3 Å². The van der Waals surface area contributed by atoms with Gasteiger partial charge in [0.25, 0.3) is 0 Å². The highest BCUT2D eigenvalue weighted by atomic mass is 32.1. The van der Waals surface area contributed by atoms with E-state index in [1.165, 1.54) is 18.4 Å². The zero-order valence-corrected chi connectivity index (χ0v) is 14.6. The summed E-state index contributed by atoms with van der Waals surface area (Å²) in [6.45, 7) is 3.55. The van der Waals surface area contributed by atoms with Gasteiger partial charge in [0, 0.05) is 10.8 Å². The SMILES string of the molecule is COC(=O)c1c(NC(=O)[C@@H]2CCC[C@@H](C(F)(F)F)C2)sc(C)c1C. The van der Waals surface area contributed by atoms with Crippen LogP contribution in [0.4, 0.5) is 18.2 Å². The highest BCUT2D eigenvalue weighted by Crippen LogP contribution is 2.41. The minimum atomic E-state index is -4.27. The molecule has 2 atom stereocenters. The maximum Gasteiger partial charge on any atom is 0.391 e. The van der Waals surface area contributed by atoms with Crippen LogP contribution in [-0.4, -0.2) is 25.2 Å². The molecule has 1 aliphatic rings. The molecule has 0 saturated heterocycles. The first kappa shape index (κ1) is 18.8. The zero-order chi connectivity index (χ0) is 18.1. The van der Waals surface area contributed by atoms with Crippen LogP contribution in [0.15, 0.2) is 0 Å². The van der Waals surface area contributed by atoms with Crippen LogP contribution in [0.1, 0.15) is 46.5 Å². The number of ether oxygens (including phenoxy) is 1. The van der Waals surface area contributed by atoms with Crippen LogP contribution < -0.4 is 5.32 Å². The molecule has 24 heavy (non-hydrogen) atoms. The van der Waals surface area contributed by atoms with E-state index in [2.05, 4.69) is 5.32 Å². The number of anilines is 1. The number of halogens is 3. The summed E-state index contributed by atoms with van der Waals surface area (Å²) in [5, 5.41) is 2.98. The summed E-state index contributed by atoms with van der Waals surface area (Å²) in [4.78, 5) is 25.1. The molecule has 0 aliphatic heterocycles. The standard InChI is InChI=1S/C16H20F3NO3S/c1-8-9(2)24-14(12(8)15(22)23-3)20-13(21)10-5-4-6-11(7-10)16(17,18)19/h10-11H,4-7H2,1-3H3,(H,20,21)/t10-,11-/m1/s1. The minimum Gasteiger partial charge on any atom is -0.465 e. The van der Waals surface area contributed by atoms with Crippen LogP contribution in [-0.2, 0) is 9.53 Å². The minimum absolute atomic E-state index is 0.0674. The van der Waals surface area contributed by atoms with Gasteiger partial charge < -0.3 is 10.1 Å². The van der Waals surface area contributed by atoms with Crippen molar-refractivity contribution in [2.24, 2.45) is 11.8 Å². The summed E-state index contributed by atoms with van der Waals surface area (Å²) in [6.07, 6.45) is -3.61. The third-order valence-electron chi connectivity index (χ3n) is 4.52. The van der Waals surface area contributed by atoms with Crippen LogP contribution in [0.5, 0.6) is 0 Å². The van der Waals surface area contributed by atoms with Crippen molar-refractivity contribution in [3.63, 3.8) is 0 Å². The molecule has 0 aromatic carbocycles. The number of amides is 1. The van der Waals surface area contributed by atoms with Gasteiger partial charge in [-0.05, 0) is 38.7 Å². The fourth-order valence-corrected chi connectivity index (χ4v) is 4.05. The van der Waals surface area contributed by atoms with Crippen molar-refractivity contribution in [1.29, 1.82) is 0 Å². The molecule has 4 nitrogen and oxygen atoms in total. The number of alkyl halides is 3. The number of carbonyl (C=O) groups is 2. The van der Waals surface area contributed by atoms with E-state index in [0.29, 0.717) is 23.4 Å². The van der Waals surface area contributed by atoms with Gasteiger partial charge in [0.1, 0.15) is 5.00 Å². The monoisotopic (exact) mass is 363 g/mol. The second-order valence-corrected chi connectivity index (χ2v) is 7.30. The molecule has 1 amide bonds. The summed E-state index contributed by atoms with van der Waals surface area (Å²) in [5.74, 6) is -3.16. The molecule has 0 bridgehead atoms. The maximum absolute atomic E-state index is 12.9. The molecule has 1 heterocycles. The maximum atomic E-state index is 12.9. The Balaban J connectivity index is 2.15. The quantitative estimate of drug-likeness (QED) is 0.807. The molecule has 1 fully saturated rings. The molecular formula is C16H20F3NO3S. The normalized spacial score (nSPS) is 21.4. The molecule has 1 saturated carbocycles. The predicted molar refractivity (Wildman–Crippen MR) is 85.3 cm³/mol. The predicted octanol–water partition coefficient (Wildman–Crippen LogP) is 4.46. The Hall–Kier alpha value is -1.57. The zero-order valence-electron chi connectivity index (χ0n) is 13.8. The summed E-state index contributed by atoms with van der Waals surface area (Å²) >= 11 is 1.23. The number of hydrogen-bond donors (Lipinski definition) is 1. The molecular weight excluding hydrogens is 343 g/mol. The van der Waals surface area contributed by atoms with Crippen molar-refractivity contribution in [3.8, 4) is 0 Å². The van der Waals surface area contributed by atoms with Crippen molar-refractivity contribution in [2.45, 2.75) is 45.7 Å². The Morgan fingerprint density at radius 1 is 1.25 bits per heavy atom. The number of aryl methyl sites for hydroxylation is 1. The molecule has 8 heteroatoms. The molecule has 2 rings (SSSR count). The largest absolute Gasteiger partial charge is 0.465 e. The van der Waals surface area contributed by atoms with E-state index in [9.17, 15) is 22.8 Å². The molecule has 1 aromatic heterocycles. The smallest absolute Gasteiger partial charge is 0.391 e. The highest BCUT2D eigenvalue weighted by molar-refractivity contribution is 7.16. The summed E-state index contributed by atoms with van der Waals surface area (Å²) in [7, 11) is 1.25. The third-order valence-corrected chi connectivity index (χ3v) is 5.64. The first-order valence-electron chi connectivity index (χ1n) is 7.71. The summed E-state index contributed by atoms with van der Waals surface area (Å²) < 4.78 is 43.4. The molecule has 0 spiro atoms. The van der Waals surface area contributed by atoms with Gasteiger partial charge in [0.05, 0.1) is 18.6 Å². The van der Waals surface area contributed by atoms with E-state index in [-0.39, 0.29) is 18.4 Å². The molecule has 1 aromatic rings. The topological polar surface area (TPSA) is 55.4 Å². The lowest BCUT2D eigenvalue weighted by molar-refractivity contribution is -0.185. The third kappa shape index (κ3) is 3.91. The lowest BCUT2D eigenvalue weighted by Crippen LogP contribution is -2.34. The fraction of sp³-hybridized carbons (Fsp3) is 0.625. The van der Waals surface area contributed by atoms with E-state index in [4.69, 9.17) is 4.74 Å². The Morgan fingerprint density at radius 3 is 2.50 bits per heavy atom. The Labute approximate surface area is 142 Å². The van der Waals surface area contributed by atoms with Crippen LogP contribution in [0.2, 0.25) is 0 Å². The molecule has 134 valence electrons. The van der Waals surface area contributed by atoms with Gasteiger partial charge in [-0.3, -0.25) is 4.79 Å². The van der Waals surface area contributed by atoms with Crippen LogP contribution in [0.25, 0.3) is 0 Å². The summed E-state index contributed by atoms with van der Waals surface area (Å²) in [6, 6.07) is 0. The van der Waals surface area contributed by atoms with Crippen molar-refractivity contribution in [1.82, 2.24) is 0 Å². The lowest BCUT2D eigenvalue weighted by Gasteiger charge is -2.29.